The minimum absolute atomic E-state index is 0.134. The van der Waals surface area contributed by atoms with Crippen molar-refractivity contribution in [3.05, 3.63) is 65.8 Å². The van der Waals surface area contributed by atoms with Crippen molar-refractivity contribution in [3.8, 4) is 11.5 Å². The van der Waals surface area contributed by atoms with Gasteiger partial charge < -0.3 is 9.73 Å². The molecule has 2 heterocycles. The van der Waals surface area contributed by atoms with E-state index in [1.54, 1.807) is 43.6 Å². The van der Waals surface area contributed by atoms with Crippen LogP contribution in [0, 0.1) is 6.92 Å². The van der Waals surface area contributed by atoms with Crippen molar-refractivity contribution < 1.29 is 9.21 Å². The summed E-state index contributed by atoms with van der Waals surface area (Å²) in [7, 11) is 0. The summed E-state index contributed by atoms with van der Waals surface area (Å²) in [5.74, 6) is 0.820. The van der Waals surface area contributed by atoms with Crippen LogP contribution in [-0.2, 0) is 6.54 Å². The minimum atomic E-state index is -0.134. The largest absolute Gasteiger partial charge is 0.421 e. The monoisotopic (exact) mass is 294 g/mol. The molecule has 0 atom stereocenters. The molecule has 1 N–H and O–H groups in total. The second-order valence-electron chi connectivity index (χ2n) is 4.74. The molecule has 1 amide bonds. The molecule has 22 heavy (non-hydrogen) atoms. The van der Waals surface area contributed by atoms with Crippen molar-refractivity contribution in [2.75, 3.05) is 0 Å². The molecule has 0 spiro atoms. The number of carbonyl (C=O) groups is 1. The Kier molecular flexibility index (Phi) is 3.91. The fourth-order valence-corrected chi connectivity index (χ4v) is 1.96. The summed E-state index contributed by atoms with van der Waals surface area (Å²) in [6.07, 6.45) is 3.39. The SMILES string of the molecule is Cc1nnc(-c2ccc(C(=O)NCc3ccncc3)cc2)o1. The van der Waals surface area contributed by atoms with Gasteiger partial charge in [0, 0.05) is 37.0 Å². The molecular weight excluding hydrogens is 280 g/mol. The van der Waals surface area contributed by atoms with Crippen molar-refractivity contribution in [2.24, 2.45) is 0 Å². The van der Waals surface area contributed by atoms with E-state index in [9.17, 15) is 4.79 Å². The maximum atomic E-state index is 12.1. The Morgan fingerprint density at radius 3 is 2.45 bits per heavy atom. The van der Waals surface area contributed by atoms with E-state index in [2.05, 4.69) is 20.5 Å². The van der Waals surface area contributed by atoms with E-state index in [0.29, 0.717) is 23.9 Å². The number of hydrogen-bond acceptors (Lipinski definition) is 5. The summed E-state index contributed by atoms with van der Waals surface area (Å²) < 4.78 is 5.35. The van der Waals surface area contributed by atoms with Crippen LogP contribution in [0.4, 0.5) is 0 Å². The molecule has 0 unspecified atom stereocenters. The molecule has 0 aliphatic carbocycles. The molecule has 2 aromatic heterocycles. The maximum absolute atomic E-state index is 12.1. The lowest BCUT2D eigenvalue weighted by molar-refractivity contribution is 0.0951. The van der Waals surface area contributed by atoms with Gasteiger partial charge in [0.05, 0.1) is 0 Å². The van der Waals surface area contributed by atoms with Gasteiger partial charge in [-0.15, -0.1) is 10.2 Å². The third-order valence-electron chi connectivity index (χ3n) is 3.12. The standard InChI is InChI=1S/C16H14N4O2/c1-11-19-20-16(22-11)14-4-2-13(3-5-14)15(21)18-10-12-6-8-17-9-7-12/h2-9H,10H2,1H3,(H,18,21). The Labute approximate surface area is 127 Å². The summed E-state index contributed by atoms with van der Waals surface area (Å²) >= 11 is 0. The van der Waals surface area contributed by atoms with Crippen molar-refractivity contribution in [2.45, 2.75) is 13.5 Å². The van der Waals surface area contributed by atoms with Crippen molar-refractivity contribution in [3.63, 3.8) is 0 Å². The molecule has 3 aromatic rings. The average Bonchev–Trinajstić information content (AvgIpc) is 3.00. The van der Waals surface area contributed by atoms with Crippen LogP contribution < -0.4 is 5.32 Å². The Hall–Kier alpha value is -3.02. The first-order chi connectivity index (χ1) is 10.7. The minimum Gasteiger partial charge on any atom is -0.421 e. The Bertz CT molecular complexity index is 766. The number of carbonyl (C=O) groups excluding carboxylic acids is 1. The lowest BCUT2D eigenvalue weighted by atomic mass is 10.1. The lowest BCUT2D eigenvalue weighted by Gasteiger charge is -2.05. The second kappa shape index (κ2) is 6.17. The van der Waals surface area contributed by atoms with Gasteiger partial charge in [-0.05, 0) is 42.0 Å². The summed E-state index contributed by atoms with van der Waals surface area (Å²) in [5.41, 5.74) is 2.36. The van der Waals surface area contributed by atoms with E-state index < -0.39 is 0 Å². The molecule has 0 aliphatic rings. The Morgan fingerprint density at radius 1 is 1.09 bits per heavy atom. The fourth-order valence-electron chi connectivity index (χ4n) is 1.96. The zero-order valence-electron chi connectivity index (χ0n) is 12.0. The van der Waals surface area contributed by atoms with E-state index in [1.807, 2.05) is 12.1 Å². The van der Waals surface area contributed by atoms with Gasteiger partial charge in [-0.3, -0.25) is 9.78 Å². The summed E-state index contributed by atoms with van der Waals surface area (Å²) in [6, 6.07) is 10.8. The number of aromatic nitrogens is 3. The van der Waals surface area contributed by atoms with Crippen LogP contribution in [0.25, 0.3) is 11.5 Å². The summed E-state index contributed by atoms with van der Waals surface area (Å²) in [6.45, 7) is 2.20. The van der Waals surface area contributed by atoms with Crippen molar-refractivity contribution in [1.29, 1.82) is 0 Å². The van der Waals surface area contributed by atoms with Crippen molar-refractivity contribution >= 4 is 5.91 Å². The molecule has 6 heteroatoms. The van der Waals surface area contributed by atoms with Gasteiger partial charge in [0.15, 0.2) is 0 Å². The molecule has 3 rings (SSSR count). The average molecular weight is 294 g/mol. The number of hydrogen-bond donors (Lipinski definition) is 1. The molecule has 6 nitrogen and oxygen atoms in total. The van der Waals surface area contributed by atoms with E-state index in [4.69, 9.17) is 4.42 Å². The quantitative estimate of drug-likeness (QED) is 0.799. The summed E-state index contributed by atoms with van der Waals surface area (Å²) in [4.78, 5) is 16.0. The number of aryl methyl sites for hydroxylation is 1. The van der Waals surface area contributed by atoms with E-state index >= 15 is 0 Å². The maximum Gasteiger partial charge on any atom is 0.251 e. The van der Waals surface area contributed by atoms with Crippen molar-refractivity contribution in [1.82, 2.24) is 20.5 Å². The fraction of sp³-hybridized carbons (Fsp3) is 0.125. The third kappa shape index (κ3) is 3.17. The first kappa shape index (κ1) is 13.9. The van der Waals surface area contributed by atoms with E-state index in [0.717, 1.165) is 11.1 Å². The molecule has 0 aliphatic heterocycles. The number of nitrogens with zero attached hydrogens (tertiary/aromatic N) is 3. The number of pyridine rings is 1. The highest BCUT2D eigenvalue weighted by molar-refractivity contribution is 5.94. The Morgan fingerprint density at radius 2 is 1.82 bits per heavy atom. The van der Waals surface area contributed by atoms with Crippen LogP contribution in [0.15, 0.2) is 53.2 Å². The molecule has 0 fully saturated rings. The summed E-state index contributed by atoms with van der Waals surface area (Å²) in [5, 5.41) is 10.6. The van der Waals surface area contributed by atoms with Crippen LogP contribution in [0.3, 0.4) is 0 Å². The molecule has 1 aromatic carbocycles. The van der Waals surface area contributed by atoms with Crippen LogP contribution >= 0.6 is 0 Å². The topological polar surface area (TPSA) is 80.9 Å². The number of amides is 1. The molecular formula is C16H14N4O2. The van der Waals surface area contributed by atoms with Gasteiger partial charge in [0.1, 0.15) is 0 Å². The predicted octanol–water partition coefficient (Wildman–Crippen LogP) is 2.37. The van der Waals surface area contributed by atoms with Gasteiger partial charge >= 0.3 is 0 Å². The van der Waals surface area contributed by atoms with Crippen LogP contribution in [-0.4, -0.2) is 21.1 Å². The lowest BCUT2D eigenvalue weighted by Crippen LogP contribution is -2.22. The van der Waals surface area contributed by atoms with E-state index in [1.165, 1.54) is 0 Å². The highest BCUT2D eigenvalue weighted by Gasteiger charge is 2.09. The van der Waals surface area contributed by atoms with Gasteiger partial charge in [-0.25, -0.2) is 0 Å². The smallest absolute Gasteiger partial charge is 0.251 e. The zero-order chi connectivity index (χ0) is 15.4. The second-order valence-corrected chi connectivity index (χ2v) is 4.74. The highest BCUT2D eigenvalue weighted by Crippen LogP contribution is 2.18. The molecule has 0 saturated carbocycles. The van der Waals surface area contributed by atoms with Gasteiger partial charge in [-0.2, -0.15) is 0 Å². The number of rotatable bonds is 4. The first-order valence-corrected chi connectivity index (χ1v) is 6.80. The Balaban J connectivity index is 1.66. The molecule has 0 bridgehead atoms. The highest BCUT2D eigenvalue weighted by atomic mass is 16.4. The van der Waals surface area contributed by atoms with Gasteiger partial charge in [0.2, 0.25) is 11.8 Å². The van der Waals surface area contributed by atoms with Gasteiger partial charge in [-0.1, -0.05) is 0 Å². The number of nitrogens with one attached hydrogen (secondary N) is 1. The first-order valence-electron chi connectivity index (χ1n) is 6.80. The predicted molar refractivity (Wildman–Crippen MR) is 79.9 cm³/mol. The van der Waals surface area contributed by atoms with Crippen LogP contribution in [0.2, 0.25) is 0 Å². The zero-order valence-corrected chi connectivity index (χ0v) is 12.0. The van der Waals surface area contributed by atoms with Crippen LogP contribution in [0.1, 0.15) is 21.8 Å². The van der Waals surface area contributed by atoms with Gasteiger partial charge in [0.25, 0.3) is 5.91 Å². The third-order valence-corrected chi connectivity index (χ3v) is 3.12. The van der Waals surface area contributed by atoms with Crippen LogP contribution in [0.5, 0.6) is 0 Å². The number of benzene rings is 1. The normalized spacial score (nSPS) is 10.4. The molecule has 0 radical (unpaired) electrons. The van der Waals surface area contributed by atoms with E-state index in [-0.39, 0.29) is 5.91 Å². The molecule has 110 valence electrons. The molecule has 0 saturated heterocycles.